The molecule has 2 unspecified atom stereocenters. The number of morpholine rings is 1. The molecule has 1 heterocycles. The summed E-state index contributed by atoms with van der Waals surface area (Å²) in [5, 5.41) is 13.0. The lowest BCUT2D eigenvalue weighted by Crippen LogP contribution is -2.44. The summed E-state index contributed by atoms with van der Waals surface area (Å²) in [6.07, 6.45) is -6.10. The highest BCUT2D eigenvalue weighted by atomic mass is 19.4. The number of hydrogen-bond acceptors (Lipinski definition) is 4. The van der Waals surface area contributed by atoms with Gasteiger partial charge in [0.1, 0.15) is 6.10 Å². The van der Waals surface area contributed by atoms with Crippen LogP contribution in [0.5, 0.6) is 0 Å². The predicted molar refractivity (Wildman–Crippen MR) is 89.3 cm³/mol. The van der Waals surface area contributed by atoms with Crippen LogP contribution in [0.2, 0.25) is 0 Å². The van der Waals surface area contributed by atoms with Gasteiger partial charge in [0, 0.05) is 6.54 Å². The van der Waals surface area contributed by atoms with Crippen molar-refractivity contribution in [3.05, 3.63) is 71.3 Å². The molecule has 2 aromatic rings. The molecule has 0 spiro atoms. The quantitative estimate of drug-likeness (QED) is 0.850. The number of hydrogen-bond donors (Lipinski definition) is 2. The van der Waals surface area contributed by atoms with E-state index in [0.717, 1.165) is 17.7 Å². The van der Waals surface area contributed by atoms with E-state index in [9.17, 15) is 18.3 Å². The van der Waals surface area contributed by atoms with Gasteiger partial charge in [0.25, 0.3) is 0 Å². The van der Waals surface area contributed by atoms with Crippen molar-refractivity contribution >= 4 is 0 Å². The van der Waals surface area contributed by atoms with Gasteiger partial charge in [-0.25, -0.2) is 0 Å². The van der Waals surface area contributed by atoms with Crippen molar-refractivity contribution in [1.29, 1.82) is 0 Å². The fraction of sp³-hybridized carbons (Fsp3) is 0.368. The van der Waals surface area contributed by atoms with Crippen molar-refractivity contribution in [3.8, 4) is 0 Å². The highest BCUT2D eigenvalue weighted by molar-refractivity contribution is 5.27. The van der Waals surface area contributed by atoms with E-state index >= 15 is 0 Å². The number of rotatable bonds is 5. The molecule has 0 amide bonds. The number of ether oxygens (including phenoxy) is 2. The van der Waals surface area contributed by atoms with Gasteiger partial charge in [0.15, 0.2) is 6.29 Å². The van der Waals surface area contributed by atoms with Crippen LogP contribution in [-0.4, -0.2) is 31.2 Å². The molecule has 1 aliphatic rings. The Morgan fingerprint density at radius 2 is 1.92 bits per heavy atom. The normalized spacial score (nSPS) is 22.2. The molecule has 2 aromatic carbocycles. The van der Waals surface area contributed by atoms with Crippen LogP contribution in [0.1, 0.15) is 28.8 Å². The SMILES string of the molecule is OC[C@H](OC1OCCNC1c1ccccc1)c1cccc(C(F)(F)F)c1. The minimum absolute atomic E-state index is 0.253. The minimum Gasteiger partial charge on any atom is -0.393 e. The summed E-state index contributed by atoms with van der Waals surface area (Å²) in [5.74, 6) is 0. The Morgan fingerprint density at radius 1 is 1.15 bits per heavy atom. The fourth-order valence-electron chi connectivity index (χ4n) is 2.94. The van der Waals surface area contributed by atoms with E-state index in [1.807, 2.05) is 30.3 Å². The lowest BCUT2D eigenvalue weighted by Gasteiger charge is -2.35. The molecular formula is C19H20F3NO3. The molecule has 26 heavy (non-hydrogen) atoms. The van der Waals surface area contributed by atoms with Gasteiger partial charge in [0.05, 0.1) is 24.8 Å². The maximum absolute atomic E-state index is 12.9. The monoisotopic (exact) mass is 367 g/mol. The van der Waals surface area contributed by atoms with Gasteiger partial charge in [-0.15, -0.1) is 0 Å². The van der Waals surface area contributed by atoms with Crippen molar-refractivity contribution < 1.29 is 27.8 Å². The van der Waals surface area contributed by atoms with Crippen LogP contribution >= 0.6 is 0 Å². The Balaban J connectivity index is 1.80. The van der Waals surface area contributed by atoms with E-state index in [4.69, 9.17) is 9.47 Å². The first kappa shape index (κ1) is 18.8. The second-order valence-electron chi connectivity index (χ2n) is 6.01. The third-order valence-corrected chi connectivity index (χ3v) is 4.23. The van der Waals surface area contributed by atoms with Crippen LogP contribution in [0.25, 0.3) is 0 Å². The van der Waals surface area contributed by atoms with Gasteiger partial charge in [-0.1, -0.05) is 42.5 Å². The number of halogens is 3. The molecular weight excluding hydrogens is 347 g/mol. The predicted octanol–water partition coefficient (Wildman–Crippen LogP) is 3.44. The zero-order valence-corrected chi connectivity index (χ0v) is 13.9. The van der Waals surface area contributed by atoms with Crippen LogP contribution in [0.4, 0.5) is 13.2 Å². The van der Waals surface area contributed by atoms with Crippen molar-refractivity contribution in [2.45, 2.75) is 24.6 Å². The summed E-state index contributed by atoms with van der Waals surface area (Å²) in [7, 11) is 0. The minimum atomic E-state index is -4.45. The van der Waals surface area contributed by atoms with Crippen molar-refractivity contribution in [2.24, 2.45) is 0 Å². The Morgan fingerprint density at radius 3 is 2.62 bits per heavy atom. The van der Waals surface area contributed by atoms with Gasteiger partial charge in [-0.3, -0.25) is 0 Å². The summed E-state index contributed by atoms with van der Waals surface area (Å²) >= 11 is 0. The molecule has 7 heteroatoms. The zero-order valence-electron chi connectivity index (χ0n) is 13.9. The Bertz CT molecular complexity index is 709. The summed E-state index contributed by atoms with van der Waals surface area (Å²) < 4.78 is 50.4. The van der Waals surface area contributed by atoms with E-state index in [-0.39, 0.29) is 11.6 Å². The molecule has 1 fully saturated rings. The van der Waals surface area contributed by atoms with Crippen molar-refractivity contribution in [3.63, 3.8) is 0 Å². The fourth-order valence-corrected chi connectivity index (χ4v) is 2.94. The molecule has 0 aromatic heterocycles. The average molecular weight is 367 g/mol. The topological polar surface area (TPSA) is 50.7 Å². The third-order valence-electron chi connectivity index (χ3n) is 4.23. The summed E-state index contributed by atoms with van der Waals surface area (Å²) in [4.78, 5) is 0. The smallest absolute Gasteiger partial charge is 0.393 e. The first-order valence-corrected chi connectivity index (χ1v) is 8.32. The average Bonchev–Trinajstić information content (AvgIpc) is 2.66. The van der Waals surface area contributed by atoms with E-state index < -0.39 is 30.7 Å². The highest BCUT2D eigenvalue weighted by Gasteiger charge is 2.33. The number of nitrogens with one attached hydrogen (secondary N) is 1. The molecule has 1 saturated heterocycles. The summed E-state index contributed by atoms with van der Waals surface area (Å²) in [6.45, 7) is 0.587. The highest BCUT2D eigenvalue weighted by Crippen LogP contribution is 2.33. The lowest BCUT2D eigenvalue weighted by molar-refractivity contribution is -0.209. The number of aliphatic hydroxyl groups is 1. The molecule has 3 atom stereocenters. The summed E-state index contributed by atoms with van der Waals surface area (Å²) in [6, 6.07) is 14.0. The maximum atomic E-state index is 12.9. The number of alkyl halides is 3. The van der Waals surface area contributed by atoms with E-state index in [0.29, 0.717) is 13.2 Å². The largest absolute Gasteiger partial charge is 0.416 e. The lowest BCUT2D eigenvalue weighted by atomic mass is 10.0. The Labute approximate surface area is 149 Å². The van der Waals surface area contributed by atoms with Gasteiger partial charge in [-0.05, 0) is 23.3 Å². The molecule has 3 rings (SSSR count). The molecule has 1 aliphatic heterocycles. The first-order chi connectivity index (χ1) is 12.5. The molecule has 0 bridgehead atoms. The number of benzene rings is 2. The van der Waals surface area contributed by atoms with Crippen LogP contribution in [0, 0.1) is 0 Å². The van der Waals surface area contributed by atoms with Gasteiger partial charge in [0.2, 0.25) is 0 Å². The second kappa shape index (κ2) is 8.18. The second-order valence-corrected chi connectivity index (χ2v) is 6.01. The van der Waals surface area contributed by atoms with Crippen molar-refractivity contribution in [2.75, 3.05) is 19.8 Å². The van der Waals surface area contributed by atoms with E-state index in [2.05, 4.69) is 5.32 Å². The molecule has 4 nitrogen and oxygen atoms in total. The first-order valence-electron chi connectivity index (χ1n) is 8.32. The third kappa shape index (κ3) is 4.42. The maximum Gasteiger partial charge on any atom is 0.416 e. The van der Waals surface area contributed by atoms with Crippen molar-refractivity contribution in [1.82, 2.24) is 5.32 Å². The Kier molecular flexibility index (Phi) is 5.93. The van der Waals surface area contributed by atoms with Gasteiger partial charge >= 0.3 is 6.18 Å². The van der Waals surface area contributed by atoms with Gasteiger partial charge in [-0.2, -0.15) is 13.2 Å². The van der Waals surface area contributed by atoms with Crippen LogP contribution < -0.4 is 5.32 Å². The van der Waals surface area contributed by atoms with Gasteiger partial charge < -0.3 is 19.9 Å². The van der Waals surface area contributed by atoms with Crippen LogP contribution in [0.15, 0.2) is 54.6 Å². The number of aliphatic hydroxyl groups excluding tert-OH is 1. The van der Waals surface area contributed by atoms with E-state index in [1.54, 1.807) is 0 Å². The van der Waals surface area contributed by atoms with Crippen LogP contribution in [-0.2, 0) is 15.7 Å². The molecule has 2 N–H and O–H groups in total. The zero-order chi connectivity index (χ0) is 18.6. The standard InChI is InChI=1S/C19H20F3NO3/c20-19(21,22)15-8-4-7-14(11-15)16(12-24)26-18-17(23-9-10-25-18)13-5-2-1-3-6-13/h1-8,11,16-18,23-24H,9-10,12H2/t16-,17?,18?/m0/s1. The summed E-state index contributed by atoms with van der Waals surface area (Å²) in [5.41, 5.74) is 0.417. The molecule has 140 valence electrons. The molecule has 0 radical (unpaired) electrons. The van der Waals surface area contributed by atoms with Crippen LogP contribution in [0.3, 0.4) is 0 Å². The van der Waals surface area contributed by atoms with E-state index in [1.165, 1.54) is 12.1 Å². The Hall–Kier alpha value is -1.93. The molecule has 0 aliphatic carbocycles. The molecule has 0 saturated carbocycles.